The van der Waals surface area contributed by atoms with E-state index >= 15 is 0 Å². The minimum atomic E-state index is -0.653. The number of fused-ring (bicyclic) bond motifs is 1. The first-order chi connectivity index (χ1) is 36.7. The van der Waals surface area contributed by atoms with Crippen LogP contribution in [0.3, 0.4) is 0 Å². The number of likely N-dealkylation sites (N-methyl/N-ethyl adjacent to an activating group) is 1. The van der Waals surface area contributed by atoms with Crippen molar-refractivity contribution < 1.29 is 33.5 Å². The van der Waals surface area contributed by atoms with Gasteiger partial charge in [-0.1, -0.05) is 47.4 Å². The number of aromatic nitrogens is 8. The smallest absolute Gasteiger partial charge is 0.163 e. The van der Waals surface area contributed by atoms with Crippen LogP contribution in [0.2, 0.25) is 10.0 Å². The largest absolute Gasteiger partial charge is 0.494 e. The van der Waals surface area contributed by atoms with Gasteiger partial charge >= 0.3 is 0 Å². The molecule has 0 aliphatic carbocycles. The molecule has 7 heterocycles. The molecule has 1 saturated heterocycles. The van der Waals surface area contributed by atoms with Crippen molar-refractivity contribution in [2.24, 2.45) is 0 Å². The monoisotopic (exact) mass is 1080 g/mol. The zero-order chi connectivity index (χ0) is 54.6. The van der Waals surface area contributed by atoms with Gasteiger partial charge < -0.3 is 54.3 Å². The van der Waals surface area contributed by atoms with Crippen molar-refractivity contribution in [3.05, 3.63) is 97.9 Å². The predicted molar refractivity (Wildman–Crippen MR) is 296 cm³/mol. The van der Waals surface area contributed by atoms with Crippen LogP contribution in [0.15, 0.2) is 51.6 Å². The zero-order valence-electron chi connectivity index (χ0n) is 45.5. The number of aryl methyl sites for hydroxylation is 3. The Balaban J connectivity index is 0.000000215. The van der Waals surface area contributed by atoms with E-state index in [1.54, 1.807) is 32.2 Å². The van der Waals surface area contributed by atoms with Crippen LogP contribution in [0.5, 0.6) is 11.5 Å². The van der Waals surface area contributed by atoms with Gasteiger partial charge in [-0.3, -0.25) is 4.68 Å². The number of nitrogens with zero attached hydrogens (tertiary/aromatic N) is 9. The van der Waals surface area contributed by atoms with Gasteiger partial charge in [-0.2, -0.15) is 5.10 Å². The van der Waals surface area contributed by atoms with E-state index in [1.165, 1.54) is 5.56 Å². The summed E-state index contributed by atoms with van der Waals surface area (Å²) in [5.74, 6) is 4.95. The number of rotatable bonds is 19. The summed E-state index contributed by atoms with van der Waals surface area (Å²) < 4.78 is 30.2. The number of hydrogen-bond donors (Lipinski definition) is 5. The van der Waals surface area contributed by atoms with E-state index in [2.05, 4.69) is 51.2 Å². The highest BCUT2D eigenvalue weighted by Crippen LogP contribution is 2.40. The maximum atomic E-state index is 10.0. The van der Waals surface area contributed by atoms with Gasteiger partial charge in [0.25, 0.3) is 0 Å². The third kappa shape index (κ3) is 13.5. The van der Waals surface area contributed by atoms with Crippen LogP contribution in [0.4, 0.5) is 11.6 Å². The number of aliphatic hydroxyl groups is 2. The molecule has 2 aliphatic rings. The van der Waals surface area contributed by atoms with Gasteiger partial charge in [-0.25, -0.2) is 19.9 Å². The van der Waals surface area contributed by atoms with Gasteiger partial charge in [0.05, 0.1) is 63.7 Å². The molecular weight excluding hydrogens is 1010 g/mol. The second-order valence-corrected chi connectivity index (χ2v) is 19.6. The van der Waals surface area contributed by atoms with Gasteiger partial charge in [-0.05, 0) is 125 Å². The fourth-order valence-corrected chi connectivity index (χ4v) is 9.33. The number of aliphatic hydroxyl groups excluding tert-OH is 2. The van der Waals surface area contributed by atoms with E-state index in [1.807, 2.05) is 71.5 Å². The Hall–Kier alpha value is -6.19. The number of benzene rings is 2. The molecule has 0 amide bonds. The number of halogens is 2. The summed E-state index contributed by atoms with van der Waals surface area (Å²) in [5.41, 5.74) is 9.44. The molecule has 5 aromatic heterocycles. The minimum Gasteiger partial charge on any atom is -0.494 e. The Kier molecular flexibility index (Phi) is 20.2. The van der Waals surface area contributed by atoms with E-state index in [0.29, 0.717) is 112 Å². The summed E-state index contributed by atoms with van der Waals surface area (Å²) in [4.78, 5) is 22.0. The van der Waals surface area contributed by atoms with Crippen molar-refractivity contribution in [3.8, 4) is 56.8 Å². The molecule has 0 spiro atoms. The van der Waals surface area contributed by atoms with E-state index in [-0.39, 0.29) is 19.3 Å². The second kappa shape index (κ2) is 26.7. The highest BCUT2D eigenvalue weighted by Gasteiger charge is 2.30. The molecule has 408 valence electrons. The molecule has 1 unspecified atom stereocenters. The van der Waals surface area contributed by atoms with E-state index in [0.717, 1.165) is 77.7 Å². The quantitative estimate of drug-likeness (QED) is 0.0475. The first-order valence-corrected chi connectivity index (χ1v) is 26.7. The van der Waals surface area contributed by atoms with Crippen LogP contribution in [-0.4, -0.2) is 116 Å². The number of hydrogen-bond acceptors (Lipinski definition) is 18. The van der Waals surface area contributed by atoms with Gasteiger partial charge in [0.15, 0.2) is 11.6 Å². The Morgan fingerprint density at radius 3 is 2.03 bits per heavy atom. The number of nitrogens with one attached hydrogen (secondary N) is 3. The van der Waals surface area contributed by atoms with Crippen LogP contribution in [0, 0.1) is 34.6 Å². The van der Waals surface area contributed by atoms with Crippen LogP contribution in [-0.2, 0) is 24.4 Å². The molecule has 0 saturated carbocycles. The Labute approximate surface area is 455 Å². The third-order valence-electron chi connectivity index (χ3n) is 12.9. The van der Waals surface area contributed by atoms with Crippen molar-refractivity contribution >= 4 is 34.8 Å². The average Bonchev–Trinajstić information content (AvgIpc) is 4.22. The molecule has 5 N–H and O–H groups in total. The fourth-order valence-electron chi connectivity index (χ4n) is 8.93. The SMILES string of the molecule is CC.CNCC(O)COc1ccc(Cl)c(-c2nc(NC3CCOCC3)c(C)c(-c3c(CO)noc3C)n2)c1.CNCCCOc1ccc(Cl)c(-c2nc(-c3c(C)noc3C)c(C)c(N3Cc4cn(C(C)C)nc4C3)n2)c1. The molecule has 1 fully saturated rings. The molecule has 2 aromatic carbocycles. The van der Waals surface area contributed by atoms with Gasteiger partial charge in [0.1, 0.15) is 53.1 Å². The normalized spacial score (nSPS) is 13.8. The lowest BCUT2D eigenvalue weighted by atomic mass is 10.0. The van der Waals surface area contributed by atoms with Crippen LogP contribution in [0.1, 0.15) is 98.3 Å². The highest BCUT2D eigenvalue weighted by atomic mass is 35.5. The lowest BCUT2D eigenvalue weighted by molar-refractivity contribution is 0.0904. The Morgan fingerprint density at radius 1 is 0.789 bits per heavy atom. The maximum absolute atomic E-state index is 10.0. The third-order valence-corrected chi connectivity index (χ3v) is 13.6. The lowest BCUT2D eigenvalue weighted by Gasteiger charge is -2.25. The van der Waals surface area contributed by atoms with Crippen molar-refractivity contribution in [2.75, 3.05) is 63.8 Å². The second-order valence-electron chi connectivity index (χ2n) is 18.8. The summed E-state index contributed by atoms with van der Waals surface area (Å²) in [6, 6.07) is 11.4. The predicted octanol–water partition coefficient (Wildman–Crippen LogP) is 9.80. The standard InChI is InChI=1S/C28H34ClN7O2.C25H32ClN5O5.C2H6/c1-16(2)36-14-20-13-35(15-24(20)33-36)28-17(3)26(25-18(4)34-38-19(25)5)31-27(32-28)22-12-21(8-9-23(22)29)37-11-7-10-30-6;1-14-23(22-15(2)36-31-21(22)12-32)29-25(30-24(14)28-16-6-8-34-9-7-16)19-10-18(4-5-20(19)26)35-13-17(33)11-27-3;1-2/h8-9,12,14,16,30H,7,10-11,13,15H2,1-6H3;4-5,10,16-17,27,32-33H,6-9,11-13H2,1-3H3,(H,28,29,30);1-2H3. The Morgan fingerprint density at radius 2 is 1.42 bits per heavy atom. The first kappa shape index (κ1) is 57.5. The van der Waals surface area contributed by atoms with E-state index in [9.17, 15) is 10.2 Å². The summed E-state index contributed by atoms with van der Waals surface area (Å²) >= 11 is 13.3. The topological polar surface area (TPSA) is 229 Å². The van der Waals surface area contributed by atoms with Crippen LogP contribution in [0.25, 0.3) is 45.3 Å². The highest BCUT2D eigenvalue weighted by molar-refractivity contribution is 6.33. The summed E-state index contributed by atoms with van der Waals surface area (Å²) in [5, 5.41) is 43.5. The Bertz CT molecular complexity index is 3000. The molecule has 21 heteroatoms. The summed E-state index contributed by atoms with van der Waals surface area (Å²) in [6.45, 7) is 22.4. The van der Waals surface area contributed by atoms with Crippen LogP contribution >= 0.6 is 23.2 Å². The minimum absolute atomic E-state index is 0.123. The molecule has 7 aromatic rings. The van der Waals surface area contributed by atoms with Crippen molar-refractivity contribution in [1.29, 1.82) is 0 Å². The van der Waals surface area contributed by atoms with Gasteiger partial charge in [0, 0.05) is 72.4 Å². The van der Waals surface area contributed by atoms with Gasteiger partial charge in [-0.15, -0.1) is 0 Å². The molecule has 0 radical (unpaired) electrons. The maximum Gasteiger partial charge on any atom is 0.163 e. The van der Waals surface area contributed by atoms with E-state index in [4.69, 9.17) is 71.5 Å². The number of ether oxygens (including phenoxy) is 3. The first-order valence-electron chi connectivity index (χ1n) is 25.9. The van der Waals surface area contributed by atoms with Crippen molar-refractivity contribution in [1.82, 2.24) is 50.7 Å². The van der Waals surface area contributed by atoms with Gasteiger partial charge in [0.2, 0.25) is 0 Å². The molecule has 9 rings (SSSR count). The molecule has 2 aliphatic heterocycles. The summed E-state index contributed by atoms with van der Waals surface area (Å²) in [6.07, 6.45) is 4.11. The molecular formula is C55H72Cl2N12O7. The van der Waals surface area contributed by atoms with E-state index < -0.39 is 6.10 Å². The van der Waals surface area contributed by atoms with Crippen LogP contribution < -0.4 is 30.3 Å². The van der Waals surface area contributed by atoms with Crippen molar-refractivity contribution in [3.63, 3.8) is 0 Å². The number of anilines is 2. The molecule has 76 heavy (non-hydrogen) atoms. The fraction of sp³-hybridized carbons (Fsp3) is 0.473. The molecule has 1 atom stereocenters. The van der Waals surface area contributed by atoms with Crippen molar-refractivity contribution in [2.45, 2.75) is 119 Å². The average molecular weight is 1080 g/mol. The molecule has 19 nitrogen and oxygen atoms in total. The molecule has 0 bridgehead atoms. The lowest BCUT2D eigenvalue weighted by Crippen LogP contribution is -2.29. The zero-order valence-corrected chi connectivity index (χ0v) is 47.0. The summed E-state index contributed by atoms with van der Waals surface area (Å²) in [7, 11) is 3.70.